The van der Waals surface area contributed by atoms with Crippen LogP contribution in [0.3, 0.4) is 0 Å². The van der Waals surface area contributed by atoms with Crippen molar-refractivity contribution in [3.8, 4) is 0 Å². The molecule has 0 spiro atoms. The molecule has 0 heterocycles. The van der Waals surface area contributed by atoms with E-state index in [4.69, 9.17) is 4.74 Å². The summed E-state index contributed by atoms with van der Waals surface area (Å²) >= 11 is 0. The number of rotatable bonds is 5. The molecule has 0 unspecified atom stereocenters. The van der Waals surface area contributed by atoms with Gasteiger partial charge in [-0.3, -0.25) is 0 Å². The molecular formula is C12H15FO. The van der Waals surface area contributed by atoms with E-state index < -0.39 is 0 Å². The van der Waals surface area contributed by atoms with Gasteiger partial charge in [0.25, 0.3) is 0 Å². The van der Waals surface area contributed by atoms with E-state index in [-0.39, 0.29) is 5.82 Å². The first-order valence-corrected chi connectivity index (χ1v) is 4.81. The van der Waals surface area contributed by atoms with Crippen LogP contribution in [0.1, 0.15) is 25.3 Å². The molecule has 76 valence electrons. The van der Waals surface area contributed by atoms with Crippen molar-refractivity contribution in [3.05, 3.63) is 42.2 Å². The lowest BCUT2D eigenvalue weighted by molar-refractivity contribution is 0.271. The molecule has 0 amide bonds. The molecule has 1 aromatic rings. The largest absolute Gasteiger partial charge is 0.494 e. The van der Waals surface area contributed by atoms with E-state index in [1.165, 1.54) is 12.1 Å². The van der Waals surface area contributed by atoms with E-state index in [0.717, 1.165) is 18.4 Å². The second-order valence-corrected chi connectivity index (χ2v) is 3.13. The van der Waals surface area contributed by atoms with Crippen LogP contribution in [-0.4, -0.2) is 6.61 Å². The highest BCUT2D eigenvalue weighted by molar-refractivity contribution is 5.56. The predicted octanol–water partition coefficient (Wildman–Crippen LogP) is 3.61. The Morgan fingerprint density at radius 2 is 2.00 bits per heavy atom. The topological polar surface area (TPSA) is 9.23 Å². The van der Waals surface area contributed by atoms with Gasteiger partial charge in [0.15, 0.2) is 0 Å². The van der Waals surface area contributed by atoms with Crippen LogP contribution in [0, 0.1) is 5.82 Å². The Labute approximate surface area is 84.2 Å². The molecule has 0 saturated carbocycles. The summed E-state index contributed by atoms with van der Waals surface area (Å²) in [5.41, 5.74) is 0.836. The first kappa shape index (κ1) is 10.8. The number of unbranched alkanes of at least 4 members (excludes halogenated alkanes) is 1. The van der Waals surface area contributed by atoms with Gasteiger partial charge in [0.05, 0.1) is 6.61 Å². The molecule has 0 fully saturated rings. The van der Waals surface area contributed by atoms with Crippen LogP contribution in [0.15, 0.2) is 30.8 Å². The molecule has 1 rings (SSSR count). The number of halogens is 1. The van der Waals surface area contributed by atoms with Gasteiger partial charge in [0, 0.05) is 5.56 Å². The summed E-state index contributed by atoms with van der Waals surface area (Å²) in [4.78, 5) is 0. The van der Waals surface area contributed by atoms with Crippen molar-refractivity contribution in [2.45, 2.75) is 19.8 Å². The quantitative estimate of drug-likeness (QED) is 0.514. The summed E-state index contributed by atoms with van der Waals surface area (Å²) in [6, 6.07) is 6.15. The van der Waals surface area contributed by atoms with Gasteiger partial charge >= 0.3 is 0 Å². The maximum absolute atomic E-state index is 12.6. The fourth-order valence-corrected chi connectivity index (χ4v) is 1.06. The zero-order valence-corrected chi connectivity index (χ0v) is 8.42. The molecule has 1 nitrogen and oxygen atoms in total. The number of ether oxygens (including phenoxy) is 1. The maximum atomic E-state index is 12.6. The molecule has 0 atom stereocenters. The third kappa shape index (κ3) is 3.21. The van der Waals surface area contributed by atoms with Gasteiger partial charge in [-0.1, -0.05) is 19.9 Å². The van der Waals surface area contributed by atoms with E-state index in [1.807, 2.05) is 0 Å². The van der Waals surface area contributed by atoms with Crippen LogP contribution in [-0.2, 0) is 4.74 Å². The molecule has 1 aromatic carbocycles. The molecule has 0 saturated heterocycles. The van der Waals surface area contributed by atoms with Crippen molar-refractivity contribution in [3.63, 3.8) is 0 Å². The fourth-order valence-electron chi connectivity index (χ4n) is 1.06. The van der Waals surface area contributed by atoms with Crippen LogP contribution in [0.25, 0.3) is 5.76 Å². The highest BCUT2D eigenvalue weighted by Crippen LogP contribution is 2.14. The second kappa shape index (κ2) is 5.43. The molecule has 2 heteroatoms. The Kier molecular flexibility index (Phi) is 4.17. The van der Waals surface area contributed by atoms with Crippen LogP contribution in [0.2, 0.25) is 0 Å². The minimum absolute atomic E-state index is 0.241. The second-order valence-electron chi connectivity index (χ2n) is 3.13. The lowest BCUT2D eigenvalue weighted by Gasteiger charge is -2.08. The molecule has 0 aliphatic carbocycles. The van der Waals surface area contributed by atoms with E-state index in [9.17, 15) is 4.39 Å². The van der Waals surface area contributed by atoms with Crippen molar-refractivity contribution < 1.29 is 9.13 Å². The van der Waals surface area contributed by atoms with Crippen LogP contribution in [0.5, 0.6) is 0 Å². The molecular weight excluding hydrogens is 179 g/mol. The number of hydrogen-bond acceptors (Lipinski definition) is 1. The molecule has 0 aromatic heterocycles. The van der Waals surface area contributed by atoms with E-state index in [1.54, 1.807) is 12.1 Å². The predicted molar refractivity (Wildman–Crippen MR) is 56.3 cm³/mol. The highest BCUT2D eigenvalue weighted by Gasteiger charge is 1.99. The number of hydrogen-bond donors (Lipinski definition) is 0. The van der Waals surface area contributed by atoms with Crippen molar-refractivity contribution in [1.29, 1.82) is 0 Å². The minimum Gasteiger partial charge on any atom is -0.494 e. The Morgan fingerprint density at radius 1 is 1.36 bits per heavy atom. The zero-order valence-electron chi connectivity index (χ0n) is 8.42. The summed E-state index contributed by atoms with van der Waals surface area (Å²) in [7, 11) is 0. The Hall–Kier alpha value is -1.31. The van der Waals surface area contributed by atoms with E-state index >= 15 is 0 Å². The standard InChI is InChI=1S/C12H15FO/c1-3-4-9-14-10(2)11-5-7-12(13)8-6-11/h5-8H,2-4,9H2,1H3. The summed E-state index contributed by atoms with van der Waals surface area (Å²) < 4.78 is 18.0. The van der Waals surface area contributed by atoms with Crippen molar-refractivity contribution in [1.82, 2.24) is 0 Å². The van der Waals surface area contributed by atoms with Crippen molar-refractivity contribution in [2.75, 3.05) is 6.61 Å². The third-order valence-corrected chi connectivity index (χ3v) is 1.94. The first-order valence-electron chi connectivity index (χ1n) is 4.81. The molecule has 0 aliphatic heterocycles. The normalized spacial score (nSPS) is 9.86. The monoisotopic (exact) mass is 194 g/mol. The summed E-state index contributed by atoms with van der Waals surface area (Å²) in [6.07, 6.45) is 2.11. The molecule has 0 N–H and O–H groups in total. The van der Waals surface area contributed by atoms with Crippen LogP contribution < -0.4 is 0 Å². The Bertz CT molecular complexity index is 290. The van der Waals surface area contributed by atoms with Crippen LogP contribution in [0.4, 0.5) is 4.39 Å². The Morgan fingerprint density at radius 3 is 2.57 bits per heavy atom. The lowest BCUT2D eigenvalue weighted by Crippen LogP contribution is -1.93. The average molecular weight is 194 g/mol. The van der Waals surface area contributed by atoms with Gasteiger partial charge in [0.1, 0.15) is 11.6 Å². The average Bonchev–Trinajstić information content (AvgIpc) is 2.19. The van der Waals surface area contributed by atoms with E-state index in [0.29, 0.717) is 12.4 Å². The van der Waals surface area contributed by atoms with Gasteiger partial charge in [-0.25, -0.2) is 4.39 Å². The zero-order chi connectivity index (χ0) is 10.4. The highest BCUT2D eigenvalue weighted by atomic mass is 19.1. The molecule has 0 bridgehead atoms. The van der Waals surface area contributed by atoms with E-state index in [2.05, 4.69) is 13.5 Å². The van der Waals surface area contributed by atoms with Gasteiger partial charge < -0.3 is 4.74 Å². The lowest BCUT2D eigenvalue weighted by atomic mass is 10.2. The molecule has 14 heavy (non-hydrogen) atoms. The summed E-state index contributed by atoms with van der Waals surface area (Å²) in [5, 5.41) is 0. The van der Waals surface area contributed by atoms with Gasteiger partial charge in [-0.2, -0.15) is 0 Å². The minimum atomic E-state index is -0.241. The third-order valence-electron chi connectivity index (χ3n) is 1.94. The van der Waals surface area contributed by atoms with Crippen LogP contribution >= 0.6 is 0 Å². The van der Waals surface area contributed by atoms with Gasteiger partial charge in [0.2, 0.25) is 0 Å². The fraction of sp³-hybridized carbons (Fsp3) is 0.333. The van der Waals surface area contributed by atoms with Crippen molar-refractivity contribution >= 4 is 5.76 Å². The molecule has 0 aliphatic rings. The maximum Gasteiger partial charge on any atom is 0.123 e. The summed E-state index contributed by atoms with van der Waals surface area (Å²) in [5.74, 6) is 0.369. The van der Waals surface area contributed by atoms with Crippen molar-refractivity contribution in [2.24, 2.45) is 0 Å². The number of benzene rings is 1. The van der Waals surface area contributed by atoms with Gasteiger partial charge in [-0.05, 0) is 30.7 Å². The smallest absolute Gasteiger partial charge is 0.123 e. The molecule has 0 radical (unpaired) electrons. The Balaban J connectivity index is 2.48. The first-order chi connectivity index (χ1) is 6.74. The summed E-state index contributed by atoms with van der Waals surface area (Å²) in [6.45, 7) is 6.56. The van der Waals surface area contributed by atoms with Gasteiger partial charge in [-0.15, -0.1) is 0 Å². The SMILES string of the molecule is C=C(OCCCC)c1ccc(F)cc1.